The molecule has 1 aromatic heterocycles. The van der Waals surface area contributed by atoms with E-state index in [2.05, 4.69) is 9.88 Å². The van der Waals surface area contributed by atoms with E-state index in [9.17, 15) is 9.59 Å². The van der Waals surface area contributed by atoms with Crippen LogP contribution in [0.1, 0.15) is 42.1 Å². The van der Waals surface area contributed by atoms with Crippen molar-refractivity contribution in [1.82, 2.24) is 14.8 Å². The number of amides is 1. The molecule has 2 unspecified atom stereocenters. The monoisotopic (exact) mass is 553 g/mol. The molecule has 8 heteroatoms. The van der Waals surface area contributed by atoms with Crippen LogP contribution in [-0.2, 0) is 16.0 Å². The van der Waals surface area contributed by atoms with Crippen molar-refractivity contribution < 1.29 is 14.3 Å². The zero-order valence-electron chi connectivity index (χ0n) is 21.6. The number of carbonyl (C=O) groups excluding carboxylic acids is 2. The van der Waals surface area contributed by atoms with Gasteiger partial charge in [0.15, 0.2) is 0 Å². The fraction of sp³-hybridized carbons (Fsp3) is 0.433. The Bertz CT molecular complexity index is 1310. The van der Waals surface area contributed by atoms with E-state index in [-0.39, 0.29) is 17.8 Å². The minimum Gasteiger partial charge on any atom is -0.466 e. The topological polar surface area (TPSA) is 62.7 Å². The molecule has 2 fully saturated rings. The lowest BCUT2D eigenvalue weighted by atomic mass is 9.80. The Hall–Kier alpha value is -2.67. The lowest BCUT2D eigenvalue weighted by molar-refractivity contribution is -0.143. The van der Waals surface area contributed by atoms with Gasteiger partial charge < -0.3 is 9.64 Å². The second-order valence-electron chi connectivity index (χ2n) is 10.5. The van der Waals surface area contributed by atoms with Crippen molar-refractivity contribution in [1.29, 1.82) is 0 Å². The first-order valence-corrected chi connectivity index (χ1v) is 14.1. The van der Waals surface area contributed by atoms with Gasteiger partial charge in [-0.1, -0.05) is 47.5 Å². The highest BCUT2D eigenvalue weighted by molar-refractivity contribution is 6.42. The van der Waals surface area contributed by atoms with E-state index < -0.39 is 0 Å². The number of nitrogens with zero attached hydrogens (tertiary/aromatic N) is 3. The van der Waals surface area contributed by atoms with Crippen molar-refractivity contribution in [2.24, 2.45) is 11.8 Å². The summed E-state index contributed by atoms with van der Waals surface area (Å²) in [5, 5.41) is 2.11. The van der Waals surface area contributed by atoms with E-state index in [1.165, 1.54) is 6.92 Å². The summed E-state index contributed by atoms with van der Waals surface area (Å²) in [4.78, 5) is 33.8. The van der Waals surface area contributed by atoms with Crippen LogP contribution in [0.25, 0.3) is 10.9 Å². The van der Waals surface area contributed by atoms with Crippen LogP contribution in [0.4, 0.5) is 0 Å². The molecule has 2 atom stereocenters. The van der Waals surface area contributed by atoms with Crippen molar-refractivity contribution in [2.45, 2.75) is 38.6 Å². The summed E-state index contributed by atoms with van der Waals surface area (Å²) in [5.74, 6) is 0.440. The number of halogens is 2. The number of rotatable bonds is 6. The number of likely N-dealkylation sites (tertiary alicyclic amines) is 2. The van der Waals surface area contributed by atoms with Crippen molar-refractivity contribution in [3.8, 4) is 0 Å². The molecule has 2 aromatic carbocycles. The first-order chi connectivity index (χ1) is 18.4. The zero-order valence-corrected chi connectivity index (χ0v) is 23.1. The number of hydrogen-bond acceptors (Lipinski definition) is 5. The number of ether oxygens (including phenoxy) is 1. The van der Waals surface area contributed by atoms with Gasteiger partial charge in [0, 0.05) is 50.1 Å². The van der Waals surface area contributed by atoms with Crippen LogP contribution in [0.3, 0.4) is 0 Å². The Kier molecular flexibility index (Phi) is 8.51. The average Bonchev–Trinajstić information content (AvgIpc) is 2.94. The van der Waals surface area contributed by atoms with Crippen LogP contribution in [0.5, 0.6) is 0 Å². The maximum Gasteiger partial charge on any atom is 0.302 e. The van der Waals surface area contributed by atoms with Gasteiger partial charge in [0.05, 0.1) is 27.7 Å². The smallest absolute Gasteiger partial charge is 0.302 e. The van der Waals surface area contributed by atoms with E-state index in [1.54, 1.807) is 6.20 Å². The van der Waals surface area contributed by atoms with E-state index >= 15 is 0 Å². The Labute approximate surface area is 233 Å². The number of aromatic nitrogens is 1. The molecule has 200 valence electrons. The lowest BCUT2D eigenvalue weighted by Gasteiger charge is -2.45. The summed E-state index contributed by atoms with van der Waals surface area (Å²) in [6, 6.07) is 16.0. The van der Waals surface area contributed by atoms with Gasteiger partial charge in [-0.25, -0.2) is 0 Å². The second-order valence-corrected chi connectivity index (χ2v) is 11.3. The lowest BCUT2D eigenvalue weighted by Crippen LogP contribution is -2.52. The van der Waals surface area contributed by atoms with Gasteiger partial charge in [0.25, 0.3) is 5.91 Å². The molecule has 0 aliphatic carbocycles. The van der Waals surface area contributed by atoms with Gasteiger partial charge >= 0.3 is 5.97 Å². The molecule has 0 radical (unpaired) electrons. The second kappa shape index (κ2) is 12.0. The van der Waals surface area contributed by atoms with Crippen LogP contribution in [0.15, 0.2) is 54.7 Å². The maximum atomic E-state index is 13.2. The number of esters is 1. The van der Waals surface area contributed by atoms with Crippen molar-refractivity contribution in [3.63, 3.8) is 0 Å². The fourth-order valence-corrected chi connectivity index (χ4v) is 6.22. The van der Waals surface area contributed by atoms with Crippen LogP contribution < -0.4 is 0 Å². The Morgan fingerprint density at radius 1 is 0.974 bits per heavy atom. The molecular formula is C30H33Cl2N3O3. The van der Waals surface area contributed by atoms with E-state index in [0.717, 1.165) is 68.3 Å². The molecule has 2 aliphatic heterocycles. The summed E-state index contributed by atoms with van der Waals surface area (Å²) >= 11 is 12.4. The predicted molar refractivity (Wildman–Crippen MR) is 151 cm³/mol. The molecule has 0 bridgehead atoms. The van der Waals surface area contributed by atoms with Crippen LogP contribution >= 0.6 is 23.2 Å². The number of benzene rings is 2. The van der Waals surface area contributed by atoms with Gasteiger partial charge in [-0.15, -0.1) is 0 Å². The third-order valence-corrected chi connectivity index (χ3v) is 8.75. The number of para-hydroxylation sites is 1. The maximum absolute atomic E-state index is 13.2. The largest absolute Gasteiger partial charge is 0.466 e. The third kappa shape index (κ3) is 6.31. The molecule has 5 rings (SSSR count). The van der Waals surface area contributed by atoms with Gasteiger partial charge in [-0.3, -0.25) is 19.5 Å². The minimum atomic E-state index is -0.245. The molecule has 2 aliphatic rings. The number of piperidine rings is 2. The molecule has 38 heavy (non-hydrogen) atoms. The normalized spacial score (nSPS) is 21.0. The van der Waals surface area contributed by atoms with Crippen molar-refractivity contribution >= 4 is 46.0 Å². The Morgan fingerprint density at radius 2 is 1.76 bits per heavy atom. The highest BCUT2D eigenvalue weighted by Crippen LogP contribution is 2.32. The molecule has 0 N–H and O–H groups in total. The SMILES string of the molecule is CC(=O)OCC1CN(C2CCN(C(=O)c3cnc4ccccc4c3)CC2)CCC1Cc1ccc(Cl)c(Cl)c1. The zero-order chi connectivity index (χ0) is 26.6. The number of carbonyl (C=O) groups is 2. The first-order valence-electron chi connectivity index (χ1n) is 13.3. The number of pyridine rings is 1. The van der Waals surface area contributed by atoms with E-state index in [4.69, 9.17) is 27.9 Å². The molecular weight excluding hydrogens is 521 g/mol. The summed E-state index contributed by atoms with van der Waals surface area (Å²) in [5.41, 5.74) is 2.70. The van der Waals surface area contributed by atoms with Crippen LogP contribution in [-0.4, -0.2) is 65.5 Å². The van der Waals surface area contributed by atoms with E-state index in [1.807, 2.05) is 53.4 Å². The minimum absolute atomic E-state index is 0.0507. The molecule has 0 saturated carbocycles. The van der Waals surface area contributed by atoms with Gasteiger partial charge in [-0.05, 0) is 68.0 Å². The van der Waals surface area contributed by atoms with Crippen LogP contribution in [0.2, 0.25) is 10.0 Å². The fourth-order valence-electron chi connectivity index (χ4n) is 5.90. The molecule has 3 aromatic rings. The summed E-state index contributed by atoms with van der Waals surface area (Å²) in [6.07, 6.45) is 5.46. The summed E-state index contributed by atoms with van der Waals surface area (Å²) in [6.45, 7) is 5.22. The van der Waals surface area contributed by atoms with Gasteiger partial charge in [-0.2, -0.15) is 0 Å². The van der Waals surface area contributed by atoms with Gasteiger partial charge in [0.2, 0.25) is 0 Å². The summed E-state index contributed by atoms with van der Waals surface area (Å²) < 4.78 is 5.48. The predicted octanol–water partition coefficient (Wildman–Crippen LogP) is 5.89. The van der Waals surface area contributed by atoms with Gasteiger partial charge in [0.1, 0.15) is 0 Å². The summed E-state index contributed by atoms with van der Waals surface area (Å²) in [7, 11) is 0. The molecule has 3 heterocycles. The van der Waals surface area contributed by atoms with Crippen LogP contribution in [0, 0.1) is 11.8 Å². The van der Waals surface area contributed by atoms with Crippen molar-refractivity contribution in [3.05, 3.63) is 75.9 Å². The quantitative estimate of drug-likeness (QED) is 0.356. The Balaban J connectivity index is 1.20. The molecule has 2 saturated heterocycles. The highest BCUT2D eigenvalue weighted by atomic mass is 35.5. The molecule has 0 spiro atoms. The molecule has 6 nitrogen and oxygen atoms in total. The molecule has 1 amide bonds. The number of hydrogen-bond donors (Lipinski definition) is 0. The standard InChI is InChI=1S/C30H33Cl2N3O3/c1-20(36)38-19-25-18-35(11-8-22(25)14-21-6-7-27(31)28(32)15-21)26-9-12-34(13-10-26)30(37)24-16-23-4-2-3-5-29(23)33-17-24/h2-7,15-17,22,25-26H,8-14,18-19H2,1H3. The van der Waals surface area contributed by atoms with Crippen molar-refractivity contribution in [2.75, 3.05) is 32.8 Å². The highest BCUT2D eigenvalue weighted by Gasteiger charge is 2.35. The third-order valence-electron chi connectivity index (χ3n) is 8.01. The Morgan fingerprint density at radius 3 is 2.53 bits per heavy atom. The first kappa shape index (κ1) is 26.9. The number of fused-ring (bicyclic) bond motifs is 1. The average molecular weight is 555 g/mol. The van der Waals surface area contributed by atoms with E-state index in [0.29, 0.717) is 34.2 Å².